The summed E-state index contributed by atoms with van der Waals surface area (Å²) < 4.78 is 11.1. The van der Waals surface area contributed by atoms with Crippen molar-refractivity contribution in [2.24, 2.45) is 0 Å². The van der Waals surface area contributed by atoms with Crippen molar-refractivity contribution < 1.29 is 9.47 Å². The van der Waals surface area contributed by atoms with Crippen LogP contribution >= 0.6 is 11.3 Å². The Morgan fingerprint density at radius 1 is 1.27 bits per heavy atom. The first-order chi connectivity index (χ1) is 7.45. The van der Waals surface area contributed by atoms with E-state index in [0.29, 0.717) is 13.2 Å². The number of aromatic nitrogens is 1. The minimum atomic E-state index is 0.622. The van der Waals surface area contributed by atoms with E-state index >= 15 is 0 Å². The molecular formula is C11H9NO2S. The Labute approximate surface area is 91.3 Å². The van der Waals surface area contributed by atoms with Crippen molar-refractivity contribution in [3.8, 4) is 21.9 Å². The SMILES string of the molecule is c1cncc(-c2scc3c2OCCO3)c1. The van der Waals surface area contributed by atoms with Crippen LogP contribution in [0.1, 0.15) is 0 Å². The summed E-state index contributed by atoms with van der Waals surface area (Å²) in [4.78, 5) is 5.20. The molecule has 0 amide bonds. The Bertz CT molecular complexity index is 467. The molecular weight excluding hydrogens is 210 g/mol. The third kappa shape index (κ3) is 1.47. The monoisotopic (exact) mass is 219 g/mol. The molecule has 0 saturated carbocycles. The van der Waals surface area contributed by atoms with Crippen LogP contribution in [0.4, 0.5) is 0 Å². The van der Waals surface area contributed by atoms with Gasteiger partial charge in [0, 0.05) is 23.3 Å². The lowest BCUT2D eigenvalue weighted by atomic mass is 10.2. The molecule has 0 aliphatic carbocycles. The quantitative estimate of drug-likeness (QED) is 0.738. The van der Waals surface area contributed by atoms with Crippen molar-refractivity contribution in [1.82, 2.24) is 4.98 Å². The molecule has 0 aromatic carbocycles. The molecule has 2 aromatic rings. The predicted molar refractivity (Wildman–Crippen MR) is 58.5 cm³/mol. The van der Waals surface area contributed by atoms with Gasteiger partial charge in [-0.2, -0.15) is 0 Å². The Hall–Kier alpha value is -1.55. The summed E-state index contributed by atoms with van der Waals surface area (Å²) in [5, 5.41) is 1.98. The third-order valence-electron chi connectivity index (χ3n) is 2.22. The highest BCUT2D eigenvalue weighted by molar-refractivity contribution is 7.14. The zero-order chi connectivity index (χ0) is 10.1. The molecule has 1 aliphatic rings. The number of nitrogens with zero attached hydrogens (tertiary/aromatic N) is 1. The van der Waals surface area contributed by atoms with Crippen molar-refractivity contribution in [3.63, 3.8) is 0 Å². The summed E-state index contributed by atoms with van der Waals surface area (Å²) in [5.41, 5.74) is 1.08. The lowest BCUT2D eigenvalue weighted by Gasteiger charge is -2.15. The van der Waals surface area contributed by atoms with Crippen LogP contribution in [0.15, 0.2) is 29.9 Å². The summed E-state index contributed by atoms with van der Waals surface area (Å²) in [7, 11) is 0. The van der Waals surface area contributed by atoms with Gasteiger partial charge < -0.3 is 9.47 Å². The lowest BCUT2D eigenvalue weighted by Crippen LogP contribution is -2.14. The summed E-state index contributed by atoms with van der Waals surface area (Å²) in [6.45, 7) is 1.26. The molecule has 3 heterocycles. The number of rotatable bonds is 1. The topological polar surface area (TPSA) is 31.4 Å². The van der Waals surface area contributed by atoms with Gasteiger partial charge in [-0.25, -0.2) is 0 Å². The molecule has 76 valence electrons. The van der Waals surface area contributed by atoms with Crippen molar-refractivity contribution in [3.05, 3.63) is 29.9 Å². The number of pyridine rings is 1. The number of thiophene rings is 1. The first kappa shape index (κ1) is 8.73. The van der Waals surface area contributed by atoms with Crippen LogP contribution in [-0.4, -0.2) is 18.2 Å². The van der Waals surface area contributed by atoms with Crippen LogP contribution in [0.5, 0.6) is 11.5 Å². The van der Waals surface area contributed by atoms with Gasteiger partial charge in [-0.1, -0.05) is 6.07 Å². The Kier molecular flexibility index (Phi) is 2.07. The number of hydrogen-bond acceptors (Lipinski definition) is 4. The first-order valence-electron chi connectivity index (χ1n) is 4.72. The lowest BCUT2D eigenvalue weighted by molar-refractivity contribution is 0.174. The first-order valence-corrected chi connectivity index (χ1v) is 5.60. The van der Waals surface area contributed by atoms with Crippen LogP contribution in [0.3, 0.4) is 0 Å². The van der Waals surface area contributed by atoms with Crippen LogP contribution in [0, 0.1) is 0 Å². The second-order valence-corrected chi connectivity index (χ2v) is 4.08. The second-order valence-electron chi connectivity index (χ2n) is 3.20. The zero-order valence-electron chi connectivity index (χ0n) is 7.97. The van der Waals surface area contributed by atoms with E-state index in [9.17, 15) is 0 Å². The number of fused-ring (bicyclic) bond motifs is 1. The average molecular weight is 219 g/mol. The number of hydrogen-bond donors (Lipinski definition) is 0. The molecule has 0 unspecified atom stereocenters. The maximum Gasteiger partial charge on any atom is 0.180 e. The van der Waals surface area contributed by atoms with Crippen LogP contribution in [0.25, 0.3) is 10.4 Å². The minimum Gasteiger partial charge on any atom is -0.485 e. The minimum absolute atomic E-state index is 0.622. The summed E-state index contributed by atoms with van der Waals surface area (Å²) in [6.07, 6.45) is 3.60. The maximum atomic E-state index is 5.61. The highest BCUT2D eigenvalue weighted by atomic mass is 32.1. The van der Waals surface area contributed by atoms with Gasteiger partial charge in [-0.3, -0.25) is 4.98 Å². The molecule has 0 saturated heterocycles. The van der Waals surface area contributed by atoms with Crippen LogP contribution < -0.4 is 9.47 Å². The van der Waals surface area contributed by atoms with E-state index in [2.05, 4.69) is 4.98 Å². The van der Waals surface area contributed by atoms with Crippen LogP contribution in [-0.2, 0) is 0 Å². The fourth-order valence-electron chi connectivity index (χ4n) is 1.56. The van der Waals surface area contributed by atoms with Crippen molar-refractivity contribution in [2.45, 2.75) is 0 Å². The van der Waals surface area contributed by atoms with E-state index in [1.54, 1.807) is 17.5 Å². The number of ether oxygens (including phenoxy) is 2. The summed E-state index contributed by atoms with van der Waals surface area (Å²) in [6, 6.07) is 3.95. The standard InChI is InChI=1S/C11H9NO2S/c1-2-8(6-12-3-1)11-10-9(7-15-11)13-4-5-14-10/h1-3,6-7H,4-5H2. The molecule has 0 N–H and O–H groups in total. The van der Waals surface area contributed by atoms with E-state index in [1.165, 1.54) is 0 Å². The summed E-state index contributed by atoms with van der Waals surface area (Å²) >= 11 is 1.63. The predicted octanol–water partition coefficient (Wildman–Crippen LogP) is 2.58. The second kappa shape index (κ2) is 3.55. The largest absolute Gasteiger partial charge is 0.485 e. The Balaban J connectivity index is 2.09. The van der Waals surface area contributed by atoms with Gasteiger partial charge in [0.2, 0.25) is 0 Å². The Morgan fingerprint density at radius 2 is 2.20 bits per heavy atom. The highest BCUT2D eigenvalue weighted by Gasteiger charge is 2.19. The molecule has 15 heavy (non-hydrogen) atoms. The van der Waals surface area contributed by atoms with Gasteiger partial charge in [0.15, 0.2) is 11.5 Å². The van der Waals surface area contributed by atoms with E-state index in [4.69, 9.17) is 9.47 Å². The van der Waals surface area contributed by atoms with E-state index in [-0.39, 0.29) is 0 Å². The highest BCUT2D eigenvalue weighted by Crippen LogP contribution is 2.45. The molecule has 0 spiro atoms. The molecule has 0 fully saturated rings. The molecule has 0 bridgehead atoms. The van der Waals surface area contributed by atoms with Crippen molar-refractivity contribution in [2.75, 3.05) is 13.2 Å². The van der Waals surface area contributed by atoms with Gasteiger partial charge >= 0.3 is 0 Å². The smallest absolute Gasteiger partial charge is 0.180 e. The normalized spacial score (nSPS) is 13.9. The van der Waals surface area contributed by atoms with Gasteiger partial charge in [0.05, 0.1) is 4.88 Å². The molecule has 2 aromatic heterocycles. The van der Waals surface area contributed by atoms with E-state index < -0.39 is 0 Å². The molecule has 4 heteroatoms. The van der Waals surface area contributed by atoms with Gasteiger partial charge in [-0.15, -0.1) is 11.3 Å². The maximum absolute atomic E-state index is 5.61. The molecule has 0 radical (unpaired) electrons. The third-order valence-corrected chi connectivity index (χ3v) is 3.21. The molecule has 1 aliphatic heterocycles. The summed E-state index contributed by atoms with van der Waals surface area (Å²) in [5.74, 6) is 1.71. The molecule has 0 atom stereocenters. The van der Waals surface area contributed by atoms with Crippen molar-refractivity contribution >= 4 is 11.3 Å². The zero-order valence-corrected chi connectivity index (χ0v) is 8.79. The Morgan fingerprint density at radius 3 is 3.07 bits per heavy atom. The van der Waals surface area contributed by atoms with Crippen molar-refractivity contribution in [1.29, 1.82) is 0 Å². The fourth-order valence-corrected chi connectivity index (χ4v) is 2.48. The molecule has 3 rings (SSSR count). The van der Waals surface area contributed by atoms with Gasteiger partial charge in [0.25, 0.3) is 0 Å². The van der Waals surface area contributed by atoms with Crippen LogP contribution in [0.2, 0.25) is 0 Å². The van der Waals surface area contributed by atoms with E-state index in [1.807, 2.05) is 23.7 Å². The van der Waals surface area contributed by atoms with Gasteiger partial charge in [-0.05, 0) is 6.07 Å². The average Bonchev–Trinajstić information content (AvgIpc) is 2.74. The van der Waals surface area contributed by atoms with E-state index in [0.717, 1.165) is 21.9 Å². The molecule has 3 nitrogen and oxygen atoms in total. The fraction of sp³-hybridized carbons (Fsp3) is 0.182. The van der Waals surface area contributed by atoms with Gasteiger partial charge in [0.1, 0.15) is 13.2 Å².